The van der Waals surface area contributed by atoms with E-state index in [9.17, 15) is 0 Å². The van der Waals surface area contributed by atoms with E-state index in [0.717, 1.165) is 34.5 Å². The lowest BCUT2D eigenvalue weighted by Crippen LogP contribution is -2.25. The Hall–Kier alpha value is -3.55. The summed E-state index contributed by atoms with van der Waals surface area (Å²) in [6, 6.07) is 17.0. The fraction of sp³-hybridized carbons (Fsp3) is 0.348. The molecule has 8 heteroatoms. The Balaban J connectivity index is 1.60. The summed E-state index contributed by atoms with van der Waals surface area (Å²) in [5.41, 5.74) is 4.06. The normalized spacial score (nSPS) is 11.6. The van der Waals surface area contributed by atoms with Crippen LogP contribution in [0.15, 0.2) is 48.5 Å². The Morgan fingerprint density at radius 2 is 1.74 bits per heavy atom. The fourth-order valence-corrected chi connectivity index (χ4v) is 3.42. The largest absolute Gasteiger partial charge is 0.462 e. The molecule has 0 aliphatic rings. The topological polar surface area (TPSA) is 94.4 Å². The van der Waals surface area contributed by atoms with Gasteiger partial charge in [0.2, 0.25) is 5.82 Å². The Morgan fingerprint density at radius 1 is 1.00 bits per heavy atom. The number of rotatable bonds is 7. The number of hydrogen-bond donors (Lipinski definition) is 1. The summed E-state index contributed by atoms with van der Waals surface area (Å²) in [6.45, 7) is 9.04. The maximum Gasteiger partial charge on any atom is 0.335 e. The molecule has 0 atom stereocenters. The van der Waals surface area contributed by atoms with Crippen molar-refractivity contribution in [1.82, 2.24) is 35.4 Å². The molecule has 2 heterocycles. The molecule has 0 aliphatic carbocycles. The van der Waals surface area contributed by atoms with E-state index < -0.39 is 0 Å². The molecule has 2 aromatic heterocycles. The zero-order valence-corrected chi connectivity index (χ0v) is 18.3. The molecule has 4 aromatic rings. The lowest BCUT2D eigenvalue weighted by atomic mass is 9.97. The highest BCUT2D eigenvalue weighted by Crippen LogP contribution is 2.30. The zero-order valence-electron chi connectivity index (χ0n) is 18.3. The Labute approximate surface area is 181 Å². The van der Waals surface area contributed by atoms with Crippen LogP contribution in [0.2, 0.25) is 0 Å². The van der Waals surface area contributed by atoms with Gasteiger partial charge in [0.15, 0.2) is 0 Å². The molecular formula is C23H27N7O. The van der Waals surface area contributed by atoms with E-state index in [1.165, 1.54) is 0 Å². The zero-order chi connectivity index (χ0) is 21.8. The highest BCUT2D eigenvalue weighted by molar-refractivity contribution is 5.80. The van der Waals surface area contributed by atoms with Crippen molar-refractivity contribution in [3.05, 3.63) is 59.9 Å². The van der Waals surface area contributed by atoms with Crippen LogP contribution < -0.4 is 4.74 Å². The summed E-state index contributed by atoms with van der Waals surface area (Å²) >= 11 is 0. The number of tetrazole rings is 1. The summed E-state index contributed by atoms with van der Waals surface area (Å²) in [5, 5.41) is 19.0. The van der Waals surface area contributed by atoms with E-state index in [1.807, 2.05) is 22.9 Å². The molecule has 0 saturated heterocycles. The Kier molecular flexibility index (Phi) is 5.79. The van der Waals surface area contributed by atoms with Gasteiger partial charge in [0.1, 0.15) is 5.82 Å². The Bertz CT molecular complexity index is 1130. The van der Waals surface area contributed by atoms with E-state index in [-0.39, 0.29) is 5.54 Å². The van der Waals surface area contributed by atoms with Gasteiger partial charge in [-0.15, -0.1) is 15.3 Å². The van der Waals surface area contributed by atoms with Crippen molar-refractivity contribution < 1.29 is 4.74 Å². The van der Waals surface area contributed by atoms with Crippen molar-refractivity contribution >= 4 is 0 Å². The molecule has 0 saturated carbocycles. The highest BCUT2D eigenvalue weighted by atomic mass is 16.5. The SMILES string of the molecule is CCCOc1nc(Cc2ccc(-c3ccccc3-c3nn[nH]n3)cc2)n(C(C)(C)C)n1. The smallest absolute Gasteiger partial charge is 0.335 e. The minimum absolute atomic E-state index is 0.181. The van der Waals surface area contributed by atoms with Gasteiger partial charge in [-0.1, -0.05) is 55.5 Å². The number of aromatic nitrogens is 7. The van der Waals surface area contributed by atoms with Crippen LogP contribution in [0.4, 0.5) is 0 Å². The van der Waals surface area contributed by atoms with Gasteiger partial charge in [-0.2, -0.15) is 10.2 Å². The third-order valence-corrected chi connectivity index (χ3v) is 4.87. The highest BCUT2D eigenvalue weighted by Gasteiger charge is 2.22. The molecule has 4 rings (SSSR count). The monoisotopic (exact) mass is 417 g/mol. The van der Waals surface area contributed by atoms with Crippen molar-refractivity contribution in [2.24, 2.45) is 0 Å². The summed E-state index contributed by atoms with van der Waals surface area (Å²) in [5.74, 6) is 1.47. The third-order valence-electron chi connectivity index (χ3n) is 4.87. The van der Waals surface area contributed by atoms with Gasteiger partial charge >= 0.3 is 6.01 Å². The van der Waals surface area contributed by atoms with E-state index >= 15 is 0 Å². The minimum Gasteiger partial charge on any atom is -0.462 e. The van der Waals surface area contributed by atoms with Crippen LogP contribution in [-0.4, -0.2) is 42.0 Å². The van der Waals surface area contributed by atoms with Gasteiger partial charge in [-0.3, -0.25) is 0 Å². The molecule has 160 valence electrons. The summed E-state index contributed by atoms with van der Waals surface area (Å²) in [4.78, 5) is 4.64. The van der Waals surface area contributed by atoms with Crippen molar-refractivity contribution in [3.8, 4) is 28.5 Å². The average Bonchev–Trinajstić information content (AvgIpc) is 3.43. The van der Waals surface area contributed by atoms with Crippen LogP contribution in [0.1, 0.15) is 45.5 Å². The van der Waals surface area contributed by atoms with Gasteiger partial charge in [0, 0.05) is 12.0 Å². The maximum atomic E-state index is 5.67. The molecule has 0 spiro atoms. The van der Waals surface area contributed by atoms with Gasteiger partial charge in [-0.05, 0) is 49.1 Å². The predicted molar refractivity (Wildman–Crippen MR) is 119 cm³/mol. The molecule has 0 amide bonds. The number of aromatic amines is 1. The molecule has 0 radical (unpaired) electrons. The van der Waals surface area contributed by atoms with Gasteiger partial charge in [0.05, 0.1) is 12.1 Å². The molecule has 1 N–H and O–H groups in total. The van der Waals surface area contributed by atoms with Gasteiger partial charge in [0.25, 0.3) is 0 Å². The second kappa shape index (κ2) is 8.67. The van der Waals surface area contributed by atoms with Crippen molar-refractivity contribution in [1.29, 1.82) is 0 Å². The number of benzene rings is 2. The van der Waals surface area contributed by atoms with E-state index in [2.05, 4.69) is 88.7 Å². The van der Waals surface area contributed by atoms with Crippen molar-refractivity contribution in [3.63, 3.8) is 0 Å². The molecule has 0 aliphatic heterocycles. The second-order valence-electron chi connectivity index (χ2n) is 8.40. The standard InChI is InChI=1S/C23H27N7O/c1-5-14-31-22-24-20(30(27-22)23(2,3)4)15-16-10-12-17(13-11-16)18-8-6-7-9-19(18)21-25-28-29-26-21/h6-13H,5,14-15H2,1-4H3,(H,25,26,28,29). The van der Waals surface area contributed by atoms with E-state index in [1.54, 1.807) is 0 Å². The van der Waals surface area contributed by atoms with Crippen molar-refractivity contribution in [2.45, 2.75) is 46.1 Å². The van der Waals surface area contributed by atoms with Crippen LogP contribution in [0, 0.1) is 0 Å². The predicted octanol–water partition coefficient (Wildman–Crippen LogP) is 4.26. The fourth-order valence-electron chi connectivity index (χ4n) is 3.42. The quantitative estimate of drug-likeness (QED) is 0.483. The molecule has 8 nitrogen and oxygen atoms in total. The number of nitrogens with zero attached hydrogens (tertiary/aromatic N) is 6. The van der Waals surface area contributed by atoms with Crippen LogP contribution in [0.3, 0.4) is 0 Å². The minimum atomic E-state index is -0.181. The number of H-pyrrole nitrogens is 1. The second-order valence-corrected chi connectivity index (χ2v) is 8.40. The molecular weight excluding hydrogens is 390 g/mol. The third kappa shape index (κ3) is 4.63. The first kappa shape index (κ1) is 20.7. The lowest BCUT2D eigenvalue weighted by molar-refractivity contribution is 0.278. The number of hydrogen-bond acceptors (Lipinski definition) is 6. The van der Waals surface area contributed by atoms with Crippen LogP contribution in [0.25, 0.3) is 22.5 Å². The van der Waals surface area contributed by atoms with Crippen LogP contribution in [0.5, 0.6) is 6.01 Å². The van der Waals surface area contributed by atoms with Crippen LogP contribution in [-0.2, 0) is 12.0 Å². The maximum absolute atomic E-state index is 5.67. The summed E-state index contributed by atoms with van der Waals surface area (Å²) in [6.07, 6.45) is 1.60. The lowest BCUT2D eigenvalue weighted by Gasteiger charge is -2.21. The first-order chi connectivity index (χ1) is 15.0. The number of ether oxygens (including phenoxy) is 1. The Morgan fingerprint density at radius 3 is 2.39 bits per heavy atom. The molecule has 2 aromatic carbocycles. The van der Waals surface area contributed by atoms with Gasteiger partial charge in [-0.25, -0.2) is 4.68 Å². The van der Waals surface area contributed by atoms with Crippen LogP contribution >= 0.6 is 0 Å². The molecule has 0 fully saturated rings. The van der Waals surface area contributed by atoms with E-state index in [0.29, 0.717) is 24.9 Å². The number of nitrogens with one attached hydrogen (secondary N) is 1. The first-order valence-electron chi connectivity index (χ1n) is 10.5. The van der Waals surface area contributed by atoms with Crippen molar-refractivity contribution in [2.75, 3.05) is 6.61 Å². The molecule has 31 heavy (non-hydrogen) atoms. The molecule has 0 unspecified atom stereocenters. The molecule has 0 bridgehead atoms. The first-order valence-corrected chi connectivity index (χ1v) is 10.5. The van der Waals surface area contributed by atoms with E-state index in [4.69, 9.17) is 4.74 Å². The summed E-state index contributed by atoms with van der Waals surface area (Å²) in [7, 11) is 0. The van der Waals surface area contributed by atoms with Gasteiger partial charge < -0.3 is 4.74 Å². The summed E-state index contributed by atoms with van der Waals surface area (Å²) < 4.78 is 7.63. The average molecular weight is 418 g/mol.